The van der Waals surface area contributed by atoms with Crippen LogP contribution in [-0.4, -0.2) is 40.6 Å². The Balaban J connectivity index is 2.29. The quantitative estimate of drug-likeness (QED) is 0.281. The molecule has 3 unspecified atom stereocenters. The number of carbonyl (C=O) groups excluding carboxylic acids is 2. The molecule has 164 valence electrons. The number of ether oxygens (including phenoxy) is 1. The molecule has 0 aromatic carbocycles. The number of unbranched alkanes of at least 4 members (excludes halogenated alkanes) is 4. The molecule has 1 N–H and O–H groups in total. The lowest BCUT2D eigenvalue weighted by Crippen LogP contribution is -2.32. The highest BCUT2D eigenvalue weighted by atomic mass is 32.2. The van der Waals surface area contributed by atoms with Crippen LogP contribution in [0.25, 0.3) is 0 Å². The maximum absolute atomic E-state index is 12.3. The van der Waals surface area contributed by atoms with Crippen LogP contribution in [0, 0.1) is 11.3 Å². The van der Waals surface area contributed by atoms with Crippen molar-refractivity contribution < 1.29 is 19.4 Å². The van der Waals surface area contributed by atoms with E-state index in [1.54, 1.807) is 0 Å². The van der Waals surface area contributed by atoms with E-state index in [2.05, 4.69) is 20.8 Å². The molecule has 0 saturated heterocycles. The minimum atomic E-state index is -0.316. The third-order valence-corrected chi connectivity index (χ3v) is 7.53. The van der Waals surface area contributed by atoms with Crippen molar-refractivity contribution in [1.82, 2.24) is 0 Å². The first kappa shape index (κ1) is 25.5. The Bertz CT molecular complexity index is 464. The first-order valence-corrected chi connectivity index (χ1v) is 12.3. The van der Waals surface area contributed by atoms with E-state index in [1.807, 2.05) is 18.7 Å². The molecule has 3 atom stereocenters. The summed E-state index contributed by atoms with van der Waals surface area (Å²) in [7, 11) is 0. The third-order valence-electron chi connectivity index (χ3n) is 6.03. The van der Waals surface area contributed by atoms with Gasteiger partial charge in [-0.25, -0.2) is 0 Å². The average molecular weight is 415 g/mol. The van der Waals surface area contributed by atoms with Gasteiger partial charge in [0.2, 0.25) is 0 Å². The summed E-state index contributed by atoms with van der Waals surface area (Å²) in [6.45, 7) is 8.77. The SMILES string of the molecule is CCCCC(C)(C)C(O)CSC1CCC(=O)C1CCCCCCC(=O)OCC. The number of hydrogen-bond donors (Lipinski definition) is 1. The number of esters is 1. The summed E-state index contributed by atoms with van der Waals surface area (Å²) in [5.41, 5.74) is -0.0555. The number of aliphatic hydroxyl groups excluding tert-OH is 1. The molecule has 0 aliphatic heterocycles. The number of Topliss-reactive ketones (excluding diaryl/α,β-unsaturated/α-hetero) is 1. The first-order chi connectivity index (χ1) is 13.3. The van der Waals surface area contributed by atoms with E-state index in [0.717, 1.165) is 63.5 Å². The van der Waals surface area contributed by atoms with Gasteiger partial charge in [-0.1, -0.05) is 52.9 Å². The molecule has 1 saturated carbocycles. The molecule has 1 aliphatic carbocycles. The van der Waals surface area contributed by atoms with E-state index in [0.29, 0.717) is 30.5 Å². The average Bonchev–Trinajstić information content (AvgIpc) is 3.00. The Morgan fingerprint density at radius 3 is 2.61 bits per heavy atom. The van der Waals surface area contributed by atoms with Crippen LogP contribution in [0.3, 0.4) is 0 Å². The molecule has 4 nitrogen and oxygen atoms in total. The van der Waals surface area contributed by atoms with Gasteiger partial charge >= 0.3 is 5.97 Å². The molecular formula is C23H42O4S. The monoisotopic (exact) mass is 414 g/mol. The number of rotatable bonds is 15. The van der Waals surface area contributed by atoms with Crippen LogP contribution in [0.15, 0.2) is 0 Å². The molecule has 0 spiro atoms. The molecule has 0 amide bonds. The standard InChI is InChI=1S/C23H42O4S/c1-5-7-16-23(3,4)21(25)17-28-20-15-14-19(24)18(20)12-10-8-9-11-13-22(26)27-6-2/h18,20-21,25H,5-17H2,1-4H3. The predicted octanol–water partition coefficient (Wildman–Crippen LogP) is 5.55. The number of carbonyl (C=O) groups is 2. The van der Waals surface area contributed by atoms with E-state index in [-0.39, 0.29) is 23.4 Å². The van der Waals surface area contributed by atoms with Gasteiger partial charge in [0.05, 0.1) is 12.7 Å². The zero-order valence-corrected chi connectivity index (χ0v) is 19.3. The minimum absolute atomic E-state index is 0.0555. The lowest BCUT2D eigenvalue weighted by molar-refractivity contribution is -0.143. The van der Waals surface area contributed by atoms with Crippen LogP contribution in [-0.2, 0) is 14.3 Å². The molecule has 1 rings (SSSR count). The van der Waals surface area contributed by atoms with Crippen LogP contribution in [0.2, 0.25) is 0 Å². The fourth-order valence-corrected chi connectivity index (χ4v) is 5.57. The summed E-state index contributed by atoms with van der Waals surface area (Å²) in [5, 5.41) is 11.0. The van der Waals surface area contributed by atoms with Gasteiger partial charge in [0.15, 0.2) is 0 Å². The van der Waals surface area contributed by atoms with Crippen LogP contribution < -0.4 is 0 Å². The second-order valence-corrected chi connectivity index (χ2v) is 10.1. The number of hydrogen-bond acceptors (Lipinski definition) is 5. The van der Waals surface area contributed by atoms with Crippen molar-refractivity contribution in [2.75, 3.05) is 12.4 Å². The highest BCUT2D eigenvalue weighted by molar-refractivity contribution is 8.00. The van der Waals surface area contributed by atoms with Crippen molar-refractivity contribution >= 4 is 23.5 Å². The number of thioether (sulfide) groups is 1. The summed E-state index contributed by atoms with van der Waals surface area (Å²) in [5.74, 6) is 1.18. The molecule has 0 radical (unpaired) electrons. The lowest BCUT2D eigenvalue weighted by Gasteiger charge is -2.31. The highest BCUT2D eigenvalue weighted by Gasteiger charge is 2.36. The van der Waals surface area contributed by atoms with E-state index >= 15 is 0 Å². The smallest absolute Gasteiger partial charge is 0.305 e. The van der Waals surface area contributed by atoms with E-state index in [1.165, 1.54) is 0 Å². The van der Waals surface area contributed by atoms with Crippen LogP contribution >= 0.6 is 11.8 Å². The maximum Gasteiger partial charge on any atom is 0.305 e. The van der Waals surface area contributed by atoms with Crippen LogP contribution in [0.5, 0.6) is 0 Å². The fraction of sp³-hybridized carbons (Fsp3) is 0.913. The normalized spacial score (nSPS) is 21.1. The molecule has 0 bridgehead atoms. The predicted molar refractivity (Wildman–Crippen MR) is 118 cm³/mol. The molecule has 0 aromatic heterocycles. The summed E-state index contributed by atoms with van der Waals surface area (Å²) in [6, 6.07) is 0. The molecule has 28 heavy (non-hydrogen) atoms. The van der Waals surface area contributed by atoms with Crippen molar-refractivity contribution in [2.45, 2.75) is 110 Å². The van der Waals surface area contributed by atoms with Crippen molar-refractivity contribution in [3.8, 4) is 0 Å². The highest BCUT2D eigenvalue weighted by Crippen LogP contribution is 2.38. The zero-order valence-electron chi connectivity index (χ0n) is 18.5. The summed E-state index contributed by atoms with van der Waals surface area (Å²) in [6.07, 6.45) is 10.1. The van der Waals surface area contributed by atoms with Crippen molar-refractivity contribution in [3.05, 3.63) is 0 Å². The topological polar surface area (TPSA) is 63.6 Å². The molecular weight excluding hydrogens is 372 g/mol. The van der Waals surface area contributed by atoms with Gasteiger partial charge < -0.3 is 9.84 Å². The Labute approximate surface area is 176 Å². The third kappa shape index (κ3) is 9.30. The maximum atomic E-state index is 12.3. The molecule has 0 aromatic rings. The van der Waals surface area contributed by atoms with Gasteiger partial charge in [-0.2, -0.15) is 11.8 Å². The number of aliphatic hydroxyl groups is 1. The molecule has 1 fully saturated rings. The van der Waals surface area contributed by atoms with Gasteiger partial charge in [0.1, 0.15) is 5.78 Å². The summed E-state index contributed by atoms with van der Waals surface area (Å²) >= 11 is 1.81. The van der Waals surface area contributed by atoms with E-state index in [9.17, 15) is 14.7 Å². The molecule has 1 aliphatic rings. The Morgan fingerprint density at radius 1 is 1.21 bits per heavy atom. The molecule has 0 heterocycles. The summed E-state index contributed by atoms with van der Waals surface area (Å²) < 4.78 is 4.94. The second kappa shape index (κ2) is 13.6. The zero-order chi connectivity index (χ0) is 21.0. The van der Waals surface area contributed by atoms with Crippen molar-refractivity contribution in [2.24, 2.45) is 11.3 Å². The number of ketones is 1. The summed E-state index contributed by atoms with van der Waals surface area (Å²) in [4.78, 5) is 23.6. The van der Waals surface area contributed by atoms with Gasteiger partial charge in [-0.3, -0.25) is 9.59 Å². The van der Waals surface area contributed by atoms with Crippen molar-refractivity contribution in [3.63, 3.8) is 0 Å². The largest absolute Gasteiger partial charge is 0.466 e. The van der Waals surface area contributed by atoms with Gasteiger partial charge in [-0.05, 0) is 38.0 Å². The van der Waals surface area contributed by atoms with Gasteiger partial charge in [0, 0.05) is 29.8 Å². The Hall–Kier alpha value is -0.550. The van der Waals surface area contributed by atoms with Gasteiger partial charge in [-0.15, -0.1) is 0 Å². The first-order valence-electron chi connectivity index (χ1n) is 11.3. The minimum Gasteiger partial charge on any atom is -0.466 e. The van der Waals surface area contributed by atoms with Crippen LogP contribution in [0.4, 0.5) is 0 Å². The van der Waals surface area contributed by atoms with E-state index < -0.39 is 0 Å². The van der Waals surface area contributed by atoms with E-state index in [4.69, 9.17) is 4.74 Å². The van der Waals surface area contributed by atoms with Crippen molar-refractivity contribution in [1.29, 1.82) is 0 Å². The Kier molecular flexibility index (Phi) is 12.4. The second-order valence-electron chi connectivity index (χ2n) is 8.85. The molecule has 5 heteroatoms. The lowest BCUT2D eigenvalue weighted by atomic mass is 9.82. The fourth-order valence-electron chi connectivity index (χ4n) is 3.88. The van der Waals surface area contributed by atoms with Gasteiger partial charge in [0.25, 0.3) is 0 Å². The Morgan fingerprint density at radius 2 is 1.93 bits per heavy atom. The van der Waals surface area contributed by atoms with Crippen LogP contribution in [0.1, 0.15) is 98.3 Å².